The second-order valence-electron chi connectivity index (χ2n) is 8.35. The summed E-state index contributed by atoms with van der Waals surface area (Å²) in [4.78, 5) is 24.4. The lowest BCUT2D eigenvalue weighted by atomic mass is 10.0. The van der Waals surface area contributed by atoms with E-state index in [1.807, 2.05) is 5.38 Å². The second-order valence-corrected chi connectivity index (χ2v) is 11.4. The largest absolute Gasteiger partial charge is 0.356 e. The van der Waals surface area contributed by atoms with Crippen LogP contribution in [0.15, 0.2) is 46.9 Å². The topological polar surface area (TPSA) is 99.0 Å². The van der Waals surface area contributed by atoms with Crippen molar-refractivity contribution in [2.75, 3.05) is 29.6 Å². The van der Waals surface area contributed by atoms with Gasteiger partial charge in [0.2, 0.25) is 5.92 Å². The van der Waals surface area contributed by atoms with Crippen LogP contribution in [0.1, 0.15) is 35.2 Å². The summed E-state index contributed by atoms with van der Waals surface area (Å²) >= 11 is 1.42. The molecule has 1 fully saturated rings. The molecular weight excluding hydrogens is 480 g/mol. The molecule has 7 nitrogen and oxygen atoms in total. The van der Waals surface area contributed by atoms with E-state index in [4.69, 9.17) is 4.78 Å². The van der Waals surface area contributed by atoms with Gasteiger partial charge in [0.1, 0.15) is 10.8 Å². The van der Waals surface area contributed by atoms with Gasteiger partial charge in [-0.3, -0.25) is 4.79 Å². The molecule has 1 amide bonds. The summed E-state index contributed by atoms with van der Waals surface area (Å²) < 4.78 is 47.9. The van der Waals surface area contributed by atoms with Gasteiger partial charge in [0.15, 0.2) is 0 Å². The Morgan fingerprint density at radius 1 is 1.26 bits per heavy atom. The lowest BCUT2D eigenvalue weighted by Crippen LogP contribution is -2.30. The van der Waals surface area contributed by atoms with Crippen molar-refractivity contribution in [3.63, 3.8) is 0 Å². The number of nitrogens with one attached hydrogen (secondary N) is 2. The van der Waals surface area contributed by atoms with Gasteiger partial charge in [0, 0.05) is 66.1 Å². The summed E-state index contributed by atoms with van der Waals surface area (Å²) in [5.41, 5.74) is 2.01. The second kappa shape index (κ2) is 9.38. The van der Waals surface area contributed by atoms with Crippen LogP contribution >= 0.6 is 11.3 Å². The number of thiazole rings is 1. The molecule has 1 aliphatic heterocycles. The molecule has 180 valence electrons. The SMILES string of the molecule is Cc1c(-c2nccs2)cnc(N2CCCC(F)(F)CC2)c1C(=O)Nc1cccc(S(C)(=N)=O)c1. The number of hydrogen-bond donors (Lipinski definition) is 2. The van der Waals surface area contributed by atoms with Crippen molar-refractivity contribution in [3.05, 3.63) is 53.2 Å². The van der Waals surface area contributed by atoms with Crippen LogP contribution < -0.4 is 10.2 Å². The molecule has 2 aromatic heterocycles. The Balaban J connectivity index is 1.75. The minimum atomic E-state index is -2.96. The molecule has 11 heteroatoms. The molecule has 3 aromatic rings. The predicted octanol–water partition coefficient (Wildman–Crippen LogP) is 5.43. The fourth-order valence-corrected chi connectivity index (χ4v) is 5.35. The van der Waals surface area contributed by atoms with Gasteiger partial charge < -0.3 is 10.2 Å². The van der Waals surface area contributed by atoms with E-state index in [9.17, 15) is 17.8 Å². The third kappa shape index (κ3) is 5.25. The molecule has 0 aliphatic carbocycles. The Kier molecular flexibility index (Phi) is 6.68. The van der Waals surface area contributed by atoms with Crippen LogP contribution in [-0.4, -0.2) is 45.4 Å². The van der Waals surface area contributed by atoms with Gasteiger partial charge in [-0.1, -0.05) is 6.07 Å². The quantitative estimate of drug-likeness (QED) is 0.482. The zero-order chi connectivity index (χ0) is 24.5. The maximum atomic E-state index is 14.0. The molecule has 1 unspecified atom stereocenters. The van der Waals surface area contributed by atoms with Crippen molar-refractivity contribution in [3.8, 4) is 10.6 Å². The first-order valence-electron chi connectivity index (χ1n) is 10.7. The van der Waals surface area contributed by atoms with E-state index < -0.39 is 21.6 Å². The minimum Gasteiger partial charge on any atom is -0.356 e. The molecule has 4 rings (SSSR count). The highest BCUT2D eigenvalue weighted by molar-refractivity contribution is 7.91. The smallest absolute Gasteiger partial charge is 0.259 e. The highest BCUT2D eigenvalue weighted by Crippen LogP contribution is 2.35. The van der Waals surface area contributed by atoms with Crippen molar-refractivity contribution < 1.29 is 17.8 Å². The fraction of sp³-hybridized carbons (Fsp3) is 0.348. The monoisotopic (exact) mass is 505 g/mol. The van der Waals surface area contributed by atoms with Gasteiger partial charge in [-0.25, -0.2) is 27.7 Å². The van der Waals surface area contributed by atoms with Crippen molar-refractivity contribution >= 4 is 38.5 Å². The molecule has 1 saturated heterocycles. The number of aromatic nitrogens is 2. The molecule has 2 N–H and O–H groups in total. The number of carbonyl (C=O) groups excluding carboxylic acids is 1. The van der Waals surface area contributed by atoms with Crippen LogP contribution in [0.25, 0.3) is 10.6 Å². The first-order chi connectivity index (χ1) is 16.0. The van der Waals surface area contributed by atoms with Crippen molar-refractivity contribution in [2.45, 2.75) is 37.0 Å². The van der Waals surface area contributed by atoms with E-state index in [0.29, 0.717) is 45.5 Å². The summed E-state index contributed by atoms with van der Waals surface area (Å²) in [5, 5.41) is 5.35. The highest BCUT2D eigenvalue weighted by Gasteiger charge is 2.33. The molecule has 34 heavy (non-hydrogen) atoms. The van der Waals surface area contributed by atoms with Crippen molar-refractivity contribution in [1.29, 1.82) is 4.78 Å². The van der Waals surface area contributed by atoms with Crippen LogP contribution in [0.2, 0.25) is 0 Å². The van der Waals surface area contributed by atoms with Gasteiger partial charge in [-0.2, -0.15) is 0 Å². The van der Waals surface area contributed by atoms with Gasteiger partial charge in [-0.05, 0) is 37.1 Å². The molecule has 1 aliphatic rings. The molecule has 3 heterocycles. The lowest BCUT2D eigenvalue weighted by molar-refractivity contribution is -0.0102. The molecule has 0 bridgehead atoms. The number of halogens is 2. The normalized spacial score (nSPS) is 17.6. The predicted molar refractivity (Wildman–Crippen MR) is 131 cm³/mol. The van der Waals surface area contributed by atoms with E-state index in [2.05, 4.69) is 15.3 Å². The summed E-state index contributed by atoms with van der Waals surface area (Å²) in [7, 11) is -2.96. The molecule has 0 radical (unpaired) electrons. The van der Waals surface area contributed by atoms with Crippen LogP contribution in [0.5, 0.6) is 0 Å². The molecular formula is C23H25F2N5O2S2. The molecule has 1 atom stereocenters. The number of carbonyl (C=O) groups is 1. The van der Waals surface area contributed by atoms with Gasteiger partial charge in [-0.15, -0.1) is 11.3 Å². The Morgan fingerprint density at radius 2 is 2.06 bits per heavy atom. The first-order valence-corrected chi connectivity index (χ1v) is 13.6. The van der Waals surface area contributed by atoms with Crippen molar-refractivity contribution in [1.82, 2.24) is 9.97 Å². The number of amides is 1. The van der Waals surface area contributed by atoms with E-state index in [0.717, 1.165) is 0 Å². The molecule has 0 saturated carbocycles. The lowest BCUT2D eigenvalue weighted by Gasteiger charge is -2.25. The van der Waals surface area contributed by atoms with Gasteiger partial charge >= 0.3 is 0 Å². The Bertz CT molecular complexity index is 1310. The average molecular weight is 506 g/mol. The maximum Gasteiger partial charge on any atom is 0.259 e. The highest BCUT2D eigenvalue weighted by atomic mass is 32.2. The van der Waals surface area contributed by atoms with Crippen molar-refractivity contribution in [2.24, 2.45) is 0 Å². The van der Waals surface area contributed by atoms with Gasteiger partial charge in [0.25, 0.3) is 5.91 Å². The van der Waals surface area contributed by atoms with Crippen LogP contribution in [0, 0.1) is 11.7 Å². The maximum absolute atomic E-state index is 14.0. The molecule has 0 spiro atoms. The minimum absolute atomic E-state index is 0.0859. The first kappa shape index (κ1) is 24.2. The Morgan fingerprint density at radius 3 is 2.76 bits per heavy atom. The number of anilines is 2. The Hall–Kier alpha value is -2.92. The molecule has 1 aromatic carbocycles. The summed E-state index contributed by atoms with van der Waals surface area (Å²) in [6.45, 7) is 2.25. The number of benzene rings is 1. The Labute approximate surface area is 201 Å². The van der Waals surface area contributed by atoms with E-state index in [1.165, 1.54) is 23.7 Å². The van der Waals surface area contributed by atoms with Crippen LogP contribution in [0.3, 0.4) is 0 Å². The van der Waals surface area contributed by atoms with E-state index in [-0.39, 0.29) is 24.9 Å². The summed E-state index contributed by atoms with van der Waals surface area (Å²) in [5.74, 6) is -2.85. The van der Waals surface area contributed by atoms with E-state index >= 15 is 0 Å². The zero-order valence-electron chi connectivity index (χ0n) is 18.8. The fourth-order valence-electron chi connectivity index (χ4n) is 3.96. The zero-order valence-corrected chi connectivity index (χ0v) is 20.4. The standard InChI is InChI=1S/C23H25F2N5O2S2/c1-15-18(22-27-9-12-33-22)14-28-20(30-10-4-7-23(24,25)8-11-30)19(15)21(31)29-16-5-3-6-17(13-16)34(2,26)32/h3,5-6,9,12-14,26H,4,7-8,10-11H2,1-2H3,(H,29,31). The number of hydrogen-bond acceptors (Lipinski definition) is 7. The van der Waals surface area contributed by atoms with Crippen LogP contribution in [0.4, 0.5) is 20.3 Å². The number of pyridine rings is 1. The summed E-state index contributed by atoms with van der Waals surface area (Å²) in [6, 6.07) is 6.35. The third-order valence-corrected chi connectivity index (χ3v) is 7.73. The number of nitrogens with zero attached hydrogens (tertiary/aromatic N) is 3. The summed E-state index contributed by atoms with van der Waals surface area (Å²) in [6.07, 6.45) is 4.40. The number of rotatable bonds is 5. The number of alkyl halides is 2. The third-order valence-electron chi connectivity index (χ3n) is 5.77. The van der Waals surface area contributed by atoms with E-state index in [1.54, 1.807) is 42.4 Å². The van der Waals surface area contributed by atoms with Gasteiger partial charge in [0.05, 0.1) is 15.3 Å². The average Bonchev–Trinajstić information content (AvgIpc) is 3.23. The van der Waals surface area contributed by atoms with Crippen LogP contribution in [-0.2, 0) is 9.73 Å².